The molecule has 2 aliphatic rings. The summed E-state index contributed by atoms with van der Waals surface area (Å²) in [7, 11) is 0. The second kappa shape index (κ2) is 10.4. The van der Waals surface area contributed by atoms with Gasteiger partial charge in [-0.1, -0.05) is 6.08 Å². The van der Waals surface area contributed by atoms with E-state index in [9.17, 15) is 40.2 Å². The number of hydrogen-bond donors (Lipinski definition) is 7. The minimum atomic E-state index is -1.82. The van der Waals surface area contributed by atoms with Crippen LogP contribution in [0.25, 0.3) is 0 Å². The minimum absolute atomic E-state index is 0.00510. The highest BCUT2D eigenvalue weighted by Gasteiger charge is 2.46. The Labute approximate surface area is 200 Å². The molecule has 0 amide bonds. The Balaban J connectivity index is 1.66. The van der Waals surface area contributed by atoms with Gasteiger partial charge < -0.3 is 50.0 Å². The fraction of sp³-hybridized carbons (Fsp3) is 0.565. The van der Waals surface area contributed by atoms with E-state index < -0.39 is 77.7 Å². The maximum Gasteiger partial charge on any atom is 0.335 e. The number of hydrogen-bond acceptors (Lipinski definition) is 11. The number of aromatic carboxylic acids is 1. The van der Waals surface area contributed by atoms with Gasteiger partial charge >= 0.3 is 11.9 Å². The second-order valence-corrected chi connectivity index (χ2v) is 9.23. The van der Waals surface area contributed by atoms with Crippen LogP contribution in [0.5, 0.6) is 17.2 Å². The summed E-state index contributed by atoms with van der Waals surface area (Å²) in [6.45, 7) is 2.90. The lowest BCUT2D eigenvalue weighted by atomic mass is 9.79. The van der Waals surface area contributed by atoms with Crippen molar-refractivity contribution in [2.45, 2.75) is 69.4 Å². The maximum absolute atomic E-state index is 12.5. The molecule has 1 aromatic rings. The number of phenols is 2. The molecule has 1 saturated heterocycles. The van der Waals surface area contributed by atoms with Crippen molar-refractivity contribution in [3.63, 3.8) is 0 Å². The molecule has 1 aromatic carbocycles. The van der Waals surface area contributed by atoms with Crippen LogP contribution in [0.15, 0.2) is 23.8 Å². The van der Waals surface area contributed by atoms with E-state index in [1.54, 1.807) is 19.9 Å². The van der Waals surface area contributed by atoms with Gasteiger partial charge in [-0.05, 0) is 51.2 Å². The van der Waals surface area contributed by atoms with Gasteiger partial charge in [0, 0.05) is 5.57 Å². The molecule has 12 nitrogen and oxygen atoms in total. The lowest BCUT2D eigenvalue weighted by Crippen LogP contribution is -2.60. The van der Waals surface area contributed by atoms with E-state index in [4.69, 9.17) is 19.3 Å². The van der Waals surface area contributed by atoms with Gasteiger partial charge in [-0.2, -0.15) is 0 Å². The van der Waals surface area contributed by atoms with Gasteiger partial charge in [0.15, 0.2) is 11.5 Å². The second-order valence-electron chi connectivity index (χ2n) is 9.23. The SMILES string of the molecule is CC(C)(O)[C@@H]1CC=C(C(=O)OC[C@@H]2O[C@@H](Oc3c(O)cc(C(=O)O)cc3O)[C@@H](O)[C@H](O)[C@H]2O)CC1. The summed E-state index contributed by atoms with van der Waals surface area (Å²) in [6.07, 6.45) is -5.18. The van der Waals surface area contributed by atoms with Crippen molar-refractivity contribution in [1.29, 1.82) is 0 Å². The molecule has 0 aromatic heterocycles. The highest BCUT2D eigenvalue weighted by molar-refractivity contribution is 5.89. The van der Waals surface area contributed by atoms with Crippen LogP contribution in [0, 0.1) is 5.92 Å². The smallest absolute Gasteiger partial charge is 0.335 e. The van der Waals surface area contributed by atoms with Crippen LogP contribution in [0.4, 0.5) is 0 Å². The zero-order chi connectivity index (χ0) is 26.1. The number of rotatable bonds is 7. The van der Waals surface area contributed by atoms with Gasteiger partial charge in [0.2, 0.25) is 12.0 Å². The first-order chi connectivity index (χ1) is 16.3. The van der Waals surface area contributed by atoms with Crippen molar-refractivity contribution in [3.05, 3.63) is 29.3 Å². The first kappa shape index (κ1) is 26.7. The summed E-state index contributed by atoms with van der Waals surface area (Å²) in [5.74, 6) is -4.24. The van der Waals surface area contributed by atoms with Crippen molar-refractivity contribution in [2.75, 3.05) is 6.61 Å². The molecule has 3 rings (SSSR count). The first-order valence-corrected chi connectivity index (χ1v) is 11.0. The number of benzene rings is 1. The van der Waals surface area contributed by atoms with Crippen molar-refractivity contribution >= 4 is 11.9 Å². The number of aliphatic hydroxyl groups is 4. The molecular weight excluding hydrogens is 468 g/mol. The Hall–Kier alpha value is -2.90. The zero-order valence-corrected chi connectivity index (χ0v) is 19.2. The third kappa shape index (κ3) is 6.03. The molecule has 7 N–H and O–H groups in total. The third-order valence-corrected chi connectivity index (χ3v) is 6.25. The van der Waals surface area contributed by atoms with Crippen LogP contribution in [-0.2, 0) is 14.3 Å². The molecular formula is C23H30O12. The van der Waals surface area contributed by atoms with Gasteiger partial charge in [-0.25, -0.2) is 9.59 Å². The van der Waals surface area contributed by atoms with Gasteiger partial charge in [-0.15, -0.1) is 0 Å². The van der Waals surface area contributed by atoms with E-state index in [1.807, 2.05) is 0 Å². The molecule has 0 bridgehead atoms. The Morgan fingerprint density at radius 2 is 1.71 bits per heavy atom. The maximum atomic E-state index is 12.5. The lowest BCUT2D eigenvalue weighted by molar-refractivity contribution is -0.278. The number of esters is 1. The van der Waals surface area contributed by atoms with Gasteiger partial charge in [0.1, 0.15) is 31.0 Å². The van der Waals surface area contributed by atoms with Crippen LogP contribution in [0.3, 0.4) is 0 Å². The van der Waals surface area contributed by atoms with Crippen molar-refractivity contribution < 1.29 is 59.5 Å². The number of ether oxygens (including phenoxy) is 3. The van der Waals surface area contributed by atoms with Crippen LogP contribution >= 0.6 is 0 Å². The molecule has 35 heavy (non-hydrogen) atoms. The molecule has 0 unspecified atom stereocenters. The number of aliphatic hydroxyl groups excluding tert-OH is 3. The van der Waals surface area contributed by atoms with Crippen LogP contribution in [0.2, 0.25) is 0 Å². The Bertz CT molecular complexity index is 958. The van der Waals surface area contributed by atoms with E-state index >= 15 is 0 Å². The highest BCUT2D eigenvalue weighted by atomic mass is 16.7. The fourth-order valence-corrected chi connectivity index (χ4v) is 4.02. The van der Waals surface area contributed by atoms with Crippen LogP contribution in [-0.4, -0.2) is 90.6 Å². The summed E-state index contributed by atoms with van der Waals surface area (Å²) in [4.78, 5) is 23.5. The summed E-state index contributed by atoms with van der Waals surface area (Å²) >= 11 is 0. The lowest BCUT2D eigenvalue weighted by Gasteiger charge is -2.40. The summed E-state index contributed by atoms with van der Waals surface area (Å²) < 4.78 is 15.9. The van der Waals surface area contributed by atoms with Gasteiger partial charge in [0.05, 0.1) is 11.2 Å². The number of carbonyl (C=O) groups is 2. The molecule has 1 aliphatic carbocycles. The van der Waals surface area contributed by atoms with Crippen molar-refractivity contribution in [1.82, 2.24) is 0 Å². The molecule has 0 radical (unpaired) electrons. The zero-order valence-electron chi connectivity index (χ0n) is 19.2. The Morgan fingerprint density at radius 1 is 1.09 bits per heavy atom. The number of carboxylic acid groups (broad SMARTS) is 1. The molecule has 1 heterocycles. The third-order valence-electron chi connectivity index (χ3n) is 6.25. The quantitative estimate of drug-likeness (QED) is 0.249. The van der Waals surface area contributed by atoms with E-state index in [-0.39, 0.29) is 5.92 Å². The number of phenolic OH excluding ortho intramolecular Hbond substituents is 2. The average molecular weight is 498 g/mol. The van der Waals surface area contributed by atoms with Crippen molar-refractivity contribution in [3.8, 4) is 17.2 Å². The predicted molar refractivity (Wildman–Crippen MR) is 117 cm³/mol. The van der Waals surface area contributed by atoms with Crippen LogP contribution in [0.1, 0.15) is 43.5 Å². The molecule has 1 aliphatic heterocycles. The Morgan fingerprint density at radius 3 is 2.23 bits per heavy atom. The summed E-state index contributed by atoms with van der Waals surface area (Å²) in [6, 6.07) is 1.61. The summed E-state index contributed by atoms with van der Waals surface area (Å²) in [5, 5.41) is 69.8. The number of allylic oxidation sites excluding steroid dienone is 1. The largest absolute Gasteiger partial charge is 0.504 e. The minimum Gasteiger partial charge on any atom is -0.504 e. The van der Waals surface area contributed by atoms with E-state index in [0.29, 0.717) is 24.8 Å². The van der Waals surface area contributed by atoms with E-state index in [1.165, 1.54) is 0 Å². The molecule has 194 valence electrons. The predicted octanol–water partition coefficient (Wildman–Crippen LogP) is 0.0230. The molecule has 1 fully saturated rings. The topological polar surface area (TPSA) is 203 Å². The number of carboxylic acids is 1. The first-order valence-electron chi connectivity index (χ1n) is 11.0. The number of aromatic hydroxyl groups is 2. The monoisotopic (exact) mass is 498 g/mol. The average Bonchev–Trinajstić information content (AvgIpc) is 2.79. The van der Waals surface area contributed by atoms with E-state index in [0.717, 1.165) is 12.1 Å². The fourth-order valence-electron chi connectivity index (χ4n) is 4.02. The highest BCUT2D eigenvalue weighted by Crippen LogP contribution is 2.39. The molecule has 12 heteroatoms. The number of carbonyl (C=O) groups excluding carboxylic acids is 1. The van der Waals surface area contributed by atoms with E-state index in [2.05, 4.69) is 0 Å². The standard InChI is InChI=1S/C23H30O12/c1-23(2,32)12-5-3-10(4-6-12)21(31)33-9-15-16(26)17(27)18(28)22(34-15)35-19-13(24)7-11(20(29)30)8-14(19)25/h3,7-8,12,15-18,22,24-28,32H,4-6,9H2,1-2H3,(H,29,30)/t12-,15+,16+,17-,18+,22+/m1/s1. The summed E-state index contributed by atoms with van der Waals surface area (Å²) in [5.41, 5.74) is -0.907. The molecule has 0 saturated carbocycles. The van der Waals surface area contributed by atoms with Gasteiger partial charge in [-0.3, -0.25) is 0 Å². The molecule has 0 spiro atoms. The molecule has 6 atom stereocenters. The van der Waals surface area contributed by atoms with Gasteiger partial charge in [0.25, 0.3) is 0 Å². The van der Waals surface area contributed by atoms with Crippen LogP contribution < -0.4 is 4.74 Å². The normalized spacial score (nSPS) is 29.3. The van der Waals surface area contributed by atoms with Crippen molar-refractivity contribution in [2.24, 2.45) is 5.92 Å². The Kier molecular flexibility index (Phi) is 7.92.